The quantitative estimate of drug-likeness (QED) is 0.843. The minimum atomic E-state index is -1.10. The van der Waals surface area contributed by atoms with Crippen LogP contribution in [0.2, 0.25) is 0 Å². The Labute approximate surface area is 140 Å². The first-order valence-corrected chi connectivity index (χ1v) is 7.79. The van der Waals surface area contributed by atoms with E-state index in [0.29, 0.717) is 6.54 Å². The van der Waals surface area contributed by atoms with Crippen LogP contribution in [0.5, 0.6) is 5.75 Å². The molecule has 5 heteroatoms. The number of carbonyl (C=O) groups is 1. The van der Waals surface area contributed by atoms with Crippen LogP contribution >= 0.6 is 0 Å². The molecule has 5 nitrogen and oxygen atoms in total. The number of benzene rings is 2. The molecule has 2 N–H and O–H groups in total. The fraction of sp³-hybridized carbons (Fsp3) is 0.316. The number of carbonyl (C=O) groups excluding carboxylic acids is 1. The molecule has 3 rings (SSSR count). The van der Waals surface area contributed by atoms with E-state index in [9.17, 15) is 9.90 Å². The van der Waals surface area contributed by atoms with E-state index in [1.807, 2.05) is 30.3 Å². The van der Waals surface area contributed by atoms with Crippen LogP contribution < -0.4 is 10.1 Å². The molecule has 2 aromatic carbocycles. The zero-order chi connectivity index (χ0) is 17.3. The number of β-amino-alcohol motifs (C(OH)–C–C–N with tert-alkyl or cyclic N) is 1. The van der Waals surface area contributed by atoms with Crippen molar-refractivity contribution in [1.82, 2.24) is 5.32 Å². The molecule has 0 amide bonds. The lowest BCUT2D eigenvalue weighted by atomic mass is 9.89. The molecule has 0 aromatic heterocycles. The SMILES string of the molecule is C=Cc1cc2cc([C@@]3(O)CN[C@H](C(=O)OC)C3)ccc2cc1OC. The number of hydrogen-bond donors (Lipinski definition) is 2. The monoisotopic (exact) mass is 327 g/mol. The summed E-state index contributed by atoms with van der Waals surface area (Å²) < 4.78 is 10.1. The number of esters is 1. The Hall–Kier alpha value is -2.37. The Morgan fingerprint density at radius 1 is 1.33 bits per heavy atom. The van der Waals surface area contributed by atoms with Gasteiger partial charge < -0.3 is 19.9 Å². The van der Waals surface area contributed by atoms with E-state index in [1.54, 1.807) is 13.2 Å². The number of nitrogens with one attached hydrogen (secondary N) is 1. The zero-order valence-electron chi connectivity index (χ0n) is 13.8. The van der Waals surface area contributed by atoms with Crippen molar-refractivity contribution in [2.45, 2.75) is 18.1 Å². The number of fused-ring (bicyclic) bond motifs is 1. The Kier molecular flexibility index (Phi) is 4.30. The van der Waals surface area contributed by atoms with E-state index in [4.69, 9.17) is 9.47 Å². The van der Waals surface area contributed by atoms with Gasteiger partial charge in [0.2, 0.25) is 0 Å². The summed E-state index contributed by atoms with van der Waals surface area (Å²) in [6.07, 6.45) is 2.03. The van der Waals surface area contributed by atoms with Crippen LogP contribution in [0.3, 0.4) is 0 Å². The number of rotatable bonds is 4. The fourth-order valence-electron chi connectivity index (χ4n) is 3.22. The summed E-state index contributed by atoms with van der Waals surface area (Å²) in [6, 6.07) is 9.22. The minimum absolute atomic E-state index is 0.287. The highest BCUT2D eigenvalue weighted by Crippen LogP contribution is 2.34. The molecule has 1 fully saturated rings. The highest BCUT2D eigenvalue weighted by atomic mass is 16.5. The second-order valence-corrected chi connectivity index (χ2v) is 6.05. The lowest BCUT2D eigenvalue weighted by Gasteiger charge is -2.23. The third kappa shape index (κ3) is 2.77. The molecule has 1 saturated heterocycles. The molecule has 0 spiro atoms. The van der Waals surface area contributed by atoms with Crippen LogP contribution in [0.25, 0.3) is 16.8 Å². The first-order valence-electron chi connectivity index (χ1n) is 7.79. The minimum Gasteiger partial charge on any atom is -0.496 e. The van der Waals surface area contributed by atoms with Crippen molar-refractivity contribution in [3.05, 3.63) is 48.0 Å². The Morgan fingerprint density at radius 2 is 2.12 bits per heavy atom. The van der Waals surface area contributed by atoms with Crippen molar-refractivity contribution < 1.29 is 19.4 Å². The van der Waals surface area contributed by atoms with Crippen LogP contribution in [-0.4, -0.2) is 37.9 Å². The van der Waals surface area contributed by atoms with Crippen molar-refractivity contribution in [1.29, 1.82) is 0 Å². The molecule has 126 valence electrons. The van der Waals surface area contributed by atoms with Crippen molar-refractivity contribution in [2.24, 2.45) is 0 Å². The maximum Gasteiger partial charge on any atom is 0.322 e. The molecule has 0 bridgehead atoms. The predicted octanol–water partition coefficient (Wildman–Crippen LogP) is 2.21. The van der Waals surface area contributed by atoms with Crippen LogP contribution in [-0.2, 0) is 15.1 Å². The largest absolute Gasteiger partial charge is 0.496 e. The molecule has 0 saturated carbocycles. The lowest BCUT2D eigenvalue weighted by Crippen LogP contribution is -2.31. The molecule has 2 aromatic rings. The normalized spacial score (nSPS) is 23.2. The van der Waals surface area contributed by atoms with Crippen molar-refractivity contribution in [3.63, 3.8) is 0 Å². The van der Waals surface area contributed by atoms with Crippen molar-refractivity contribution in [2.75, 3.05) is 20.8 Å². The summed E-state index contributed by atoms with van der Waals surface area (Å²) in [6.45, 7) is 4.12. The third-order valence-electron chi connectivity index (χ3n) is 4.61. The number of aliphatic hydroxyl groups is 1. The van der Waals surface area contributed by atoms with Gasteiger partial charge in [-0.3, -0.25) is 4.79 Å². The summed E-state index contributed by atoms with van der Waals surface area (Å²) in [7, 11) is 2.98. The van der Waals surface area contributed by atoms with Gasteiger partial charge in [0.1, 0.15) is 17.4 Å². The summed E-state index contributed by atoms with van der Waals surface area (Å²) in [5.74, 6) is 0.405. The first-order chi connectivity index (χ1) is 11.5. The van der Waals surface area contributed by atoms with Gasteiger partial charge in [-0.05, 0) is 34.5 Å². The predicted molar refractivity (Wildman–Crippen MR) is 92.9 cm³/mol. The first kappa shape index (κ1) is 16.5. The summed E-state index contributed by atoms with van der Waals surface area (Å²) in [5.41, 5.74) is 0.571. The molecular formula is C19H21NO4. The number of methoxy groups -OCH3 is 2. The van der Waals surface area contributed by atoms with Gasteiger partial charge in [-0.1, -0.05) is 24.8 Å². The lowest BCUT2D eigenvalue weighted by molar-refractivity contribution is -0.143. The Balaban J connectivity index is 1.99. The maximum atomic E-state index is 11.7. The molecule has 1 aliphatic rings. The topological polar surface area (TPSA) is 67.8 Å². The number of hydrogen-bond acceptors (Lipinski definition) is 5. The molecule has 0 aliphatic carbocycles. The molecule has 0 radical (unpaired) electrons. The van der Waals surface area contributed by atoms with Crippen molar-refractivity contribution in [3.8, 4) is 5.75 Å². The zero-order valence-corrected chi connectivity index (χ0v) is 13.8. The summed E-state index contributed by atoms with van der Waals surface area (Å²) in [5, 5.41) is 16.0. The van der Waals surface area contributed by atoms with E-state index in [1.165, 1.54) is 7.11 Å². The van der Waals surface area contributed by atoms with Crippen LogP contribution in [0.15, 0.2) is 36.9 Å². The van der Waals surface area contributed by atoms with Gasteiger partial charge in [-0.15, -0.1) is 0 Å². The molecule has 2 atom stereocenters. The summed E-state index contributed by atoms with van der Waals surface area (Å²) in [4.78, 5) is 11.7. The maximum absolute atomic E-state index is 11.7. The average Bonchev–Trinajstić information content (AvgIpc) is 3.02. The Bertz CT molecular complexity index is 801. The van der Waals surface area contributed by atoms with E-state index in [0.717, 1.165) is 27.6 Å². The van der Waals surface area contributed by atoms with Crippen molar-refractivity contribution >= 4 is 22.8 Å². The van der Waals surface area contributed by atoms with E-state index < -0.39 is 11.6 Å². The fourth-order valence-corrected chi connectivity index (χ4v) is 3.22. The third-order valence-corrected chi connectivity index (χ3v) is 4.61. The molecule has 1 aliphatic heterocycles. The Morgan fingerprint density at radius 3 is 2.79 bits per heavy atom. The van der Waals surface area contributed by atoms with Gasteiger partial charge in [0.15, 0.2) is 0 Å². The smallest absolute Gasteiger partial charge is 0.322 e. The van der Waals surface area contributed by atoms with E-state index in [-0.39, 0.29) is 12.4 Å². The van der Waals surface area contributed by atoms with Gasteiger partial charge in [-0.25, -0.2) is 0 Å². The van der Waals surface area contributed by atoms with Crippen LogP contribution in [0.4, 0.5) is 0 Å². The average molecular weight is 327 g/mol. The molecular weight excluding hydrogens is 306 g/mol. The standard InChI is InChI=1S/C19H21NO4/c1-4-12-7-14-8-15(6-5-13(14)9-17(12)23-2)19(22)10-16(20-11-19)18(21)24-3/h4-9,16,20,22H,1,10-11H2,2-3H3/t16-,19-/m0/s1. The summed E-state index contributed by atoms with van der Waals surface area (Å²) >= 11 is 0. The van der Waals surface area contributed by atoms with Gasteiger partial charge in [0.05, 0.1) is 14.2 Å². The molecule has 1 heterocycles. The van der Waals surface area contributed by atoms with Crippen LogP contribution in [0, 0.1) is 0 Å². The second kappa shape index (κ2) is 6.26. The van der Waals surface area contributed by atoms with E-state index >= 15 is 0 Å². The second-order valence-electron chi connectivity index (χ2n) is 6.05. The number of ether oxygens (including phenoxy) is 2. The highest BCUT2D eigenvalue weighted by Gasteiger charge is 2.42. The van der Waals surface area contributed by atoms with Gasteiger partial charge in [0, 0.05) is 18.5 Å². The highest BCUT2D eigenvalue weighted by molar-refractivity contribution is 5.88. The van der Waals surface area contributed by atoms with Gasteiger partial charge >= 0.3 is 5.97 Å². The molecule has 0 unspecified atom stereocenters. The van der Waals surface area contributed by atoms with Gasteiger partial charge in [0.25, 0.3) is 0 Å². The van der Waals surface area contributed by atoms with Crippen LogP contribution in [0.1, 0.15) is 17.5 Å². The van der Waals surface area contributed by atoms with Gasteiger partial charge in [-0.2, -0.15) is 0 Å². The van der Waals surface area contributed by atoms with E-state index in [2.05, 4.69) is 11.9 Å². The molecule has 24 heavy (non-hydrogen) atoms.